The Labute approximate surface area is 168 Å². The van der Waals surface area contributed by atoms with Crippen LogP contribution < -0.4 is 19.7 Å². The number of anilines is 1. The molecule has 10 nitrogen and oxygen atoms in total. The second-order valence-corrected chi connectivity index (χ2v) is 8.66. The molecular weight excluding hydrogens is 398 g/mol. The number of aromatic nitrogens is 2. The SMILES string of the molecule is O=C(NCCS(=O)(=O)N1CCN(c2ncccn2)CC1)c1ccc2c(c1)OCO2. The molecule has 1 N–H and O–H groups in total. The van der Waals surface area contributed by atoms with Gasteiger partial charge in [0, 0.05) is 50.7 Å². The van der Waals surface area contributed by atoms with Gasteiger partial charge in [-0.05, 0) is 24.3 Å². The highest BCUT2D eigenvalue weighted by atomic mass is 32.2. The number of carbonyl (C=O) groups excluding carboxylic acids is 1. The van der Waals surface area contributed by atoms with E-state index in [1.807, 2.05) is 4.90 Å². The largest absolute Gasteiger partial charge is 0.454 e. The van der Waals surface area contributed by atoms with Gasteiger partial charge in [0.1, 0.15) is 0 Å². The fraction of sp³-hybridized carbons (Fsp3) is 0.389. The van der Waals surface area contributed by atoms with Crippen molar-refractivity contribution >= 4 is 21.9 Å². The van der Waals surface area contributed by atoms with Crippen LogP contribution in [-0.2, 0) is 10.0 Å². The molecule has 0 unspecified atom stereocenters. The lowest BCUT2D eigenvalue weighted by Crippen LogP contribution is -2.50. The molecule has 0 atom stereocenters. The lowest BCUT2D eigenvalue weighted by Gasteiger charge is -2.33. The Balaban J connectivity index is 1.27. The number of nitrogens with zero attached hydrogens (tertiary/aromatic N) is 4. The van der Waals surface area contributed by atoms with Gasteiger partial charge in [-0.25, -0.2) is 18.4 Å². The summed E-state index contributed by atoms with van der Waals surface area (Å²) in [6, 6.07) is 6.59. The molecule has 4 rings (SSSR count). The fourth-order valence-electron chi connectivity index (χ4n) is 3.18. The Morgan fingerprint density at radius 2 is 1.79 bits per heavy atom. The molecule has 1 aromatic heterocycles. The summed E-state index contributed by atoms with van der Waals surface area (Å²) in [5.41, 5.74) is 0.392. The first kappa shape index (κ1) is 19.4. The van der Waals surface area contributed by atoms with E-state index in [-0.39, 0.29) is 25.0 Å². The Kier molecular flexibility index (Phi) is 5.49. The monoisotopic (exact) mass is 419 g/mol. The number of nitrogens with one attached hydrogen (secondary N) is 1. The molecule has 1 aromatic carbocycles. The van der Waals surface area contributed by atoms with E-state index in [1.165, 1.54) is 4.31 Å². The third-order valence-corrected chi connectivity index (χ3v) is 6.62. The molecule has 11 heteroatoms. The van der Waals surface area contributed by atoms with Crippen molar-refractivity contribution in [3.63, 3.8) is 0 Å². The van der Waals surface area contributed by atoms with E-state index in [9.17, 15) is 13.2 Å². The van der Waals surface area contributed by atoms with Gasteiger partial charge in [-0.15, -0.1) is 0 Å². The topological polar surface area (TPSA) is 114 Å². The molecule has 0 radical (unpaired) electrons. The standard InChI is InChI=1S/C18H21N5O5S/c24-17(14-2-3-15-16(12-14)28-13-27-15)19-6-11-29(25,26)23-9-7-22(8-10-23)18-20-4-1-5-21-18/h1-5,12H,6-11,13H2,(H,19,24). The molecule has 29 heavy (non-hydrogen) atoms. The molecular formula is C18H21N5O5S. The summed E-state index contributed by atoms with van der Waals surface area (Å²) in [4.78, 5) is 22.6. The lowest BCUT2D eigenvalue weighted by molar-refractivity contribution is 0.0955. The van der Waals surface area contributed by atoms with E-state index in [1.54, 1.807) is 36.7 Å². The maximum Gasteiger partial charge on any atom is 0.251 e. The second kappa shape index (κ2) is 8.21. The predicted molar refractivity (Wildman–Crippen MR) is 105 cm³/mol. The molecule has 0 saturated carbocycles. The minimum absolute atomic E-state index is 0.0254. The Hall–Kier alpha value is -2.92. The van der Waals surface area contributed by atoms with Crippen molar-refractivity contribution in [2.24, 2.45) is 0 Å². The smallest absolute Gasteiger partial charge is 0.251 e. The number of piperazine rings is 1. The van der Waals surface area contributed by atoms with Crippen molar-refractivity contribution in [3.8, 4) is 11.5 Å². The highest BCUT2D eigenvalue weighted by Crippen LogP contribution is 2.32. The lowest BCUT2D eigenvalue weighted by atomic mass is 10.2. The molecule has 1 fully saturated rings. The predicted octanol–water partition coefficient (Wildman–Crippen LogP) is 0.0871. The summed E-state index contributed by atoms with van der Waals surface area (Å²) in [7, 11) is -3.47. The number of ether oxygens (including phenoxy) is 2. The van der Waals surface area contributed by atoms with E-state index < -0.39 is 10.0 Å². The zero-order chi connectivity index (χ0) is 20.3. The highest BCUT2D eigenvalue weighted by Gasteiger charge is 2.27. The van der Waals surface area contributed by atoms with Crippen LogP contribution in [0.25, 0.3) is 0 Å². The molecule has 0 aliphatic carbocycles. The first-order valence-electron chi connectivity index (χ1n) is 9.20. The molecule has 2 aliphatic rings. The van der Waals surface area contributed by atoms with Crippen LogP contribution in [0.3, 0.4) is 0 Å². The Morgan fingerprint density at radius 1 is 1.07 bits per heavy atom. The van der Waals surface area contributed by atoms with E-state index in [4.69, 9.17) is 9.47 Å². The van der Waals surface area contributed by atoms with Crippen LogP contribution in [0.1, 0.15) is 10.4 Å². The zero-order valence-corrected chi connectivity index (χ0v) is 16.5. The van der Waals surface area contributed by atoms with Gasteiger partial charge in [0.25, 0.3) is 5.91 Å². The van der Waals surface area contributed by atoms with Gasteiger partial charge < -0.3 is 19.7 Å². The number of benzene rings is 1. The van der Waals surface area contributed by atoms with Gasteiger partial charge in [0.2, 0.25) is 22.8 Å². The molecule has 154 valence electrons. The van der Waals surface area contributed by atoms with Crippen LogP contribution in [0.5, 0.6) is 11.5 Å². The van der Waals surface area contributed by atoms with Gasteiger partial charge in [-0.2, -0.15) is 4.31 Å². The minimum Gasteiger partial charge on any atom is -0.454 e. The van der Waals surface area contributed by atoms with Gasteiger partial charge in [0.05, 0.1) is 5.75 Å². The third-order valence-electron chi connectivity index (χ3n) is 4.75. The van der Waals surface area contributed by atoms with Gasteiger partial charge in [-0.1, -0.05) is 0 Å². The summed E-state index contributed by atoms with van der Waals surface area (Å²) in [5, 5.41) is 2.65. The maximum atomic E-state index is 12.6. The second-order valence-electron chi connectivity index (χ2n) is 6.57. The normalized spacial score (nSPS) is 16.6. The quantitative estimate of drug-likeness (QED) is 0.701. The number of amides is 1. The Bertz CT molecular complexity index is 977. The summed E-state index contributed by atoms with van der Waals surface area (Å²) in [6.07, 6.45) is 3.32. The number of hydrogen-bond acceptors (Lipinski definition) is 8. The van der Waals surface area contributed by atoms with Crippen LogP contribution in [-0.4, -0.2) is 73.9 Å². The number of hydrogen-bond donors (Lipinski definition) is 1. The van der Waals surface area contributed by atoms with Crippen molar-refractivity contribution < 1.29 is 22.7 Å². The van der Waals surface area contributed by atoms with Gasteiger partial charge in [0.15, 0.2) is 11.5 Å². The summed E-state index contributed by atoms with van der Waals surface area (Å²) < 4.78 is 37.1. The molecule has 1 saturated heterocycles. The summed E-state index contributed by atoms with van der Waals surface area (Å²) in [5.74, 6) is 1.17. The average molecular weight is 419 g/mol. The van der Waals surface area contributed by atoms with E-state index in [2.05, 4.69) is 15.3 Å². The van der Waals surface area contributed by atoms with Crippen LogP contribution in [0.15, 0.2) is 36.7 Å². The Morgan fingerprint density at radius 3 is 2.55 bits per heavy atom. The number of carbonyl (C=O) groups is 1. The molecule has 2 aliphatic heterocycles. The van der Waals surface area contributed by atoms with Gasteiger partial charge in [-0.3, -0.25) is 4.79 Å². The van der Waals surface area contributed by atoms with Crippen molar-refractivity contribution in [1.29, 1.82) is 0 Å². The molecule has 0 bridgehead atoms. The van der Waals surface area contributed by atoms with E-state index in [0.29, 0.717) is 49.2 Å². The summed E-state index contributed by atoms with van der Waals surface area (Å²) in [6.45, 7) is 1.91. The summed E-state index contributed by atoms with van der Waals surface area (Å²) >= 11 is 0. The van der Waals surface area contributed by atoms with Crippen molar-refractivity contribution in [2.75, 3.05) is 50.2 Å². The average Bonchev–Trinajstić information content (AvgIpc) is 3.22. The third kappa shape index (κ3) is 4.40. The van der Waals surface area contributed by atoms with Crippen molar-refractivity contribution in [1.82, 2.24) is 19.6 Å². The van der Waals surface area contributed by atoms with Crippen LogP contribution in [0.4, 0.5) is 5.95 Å². The highest BCUT2D eigenvalue weighted by molar-refractivity contribution is 7.89. The van der Waals surface area contributed by atoms with E-state index in [0.717, 1.165) is 0 Å². The first-order chi connectivity index (χ1) is 14.0. The van der Waals surface area contributed by atoms with E-state index >= 15 is 0 Å². The first-order valence-corrected chi connectivity index (χ1v) is 10.8. The van der Waals surface area contributed by atoms with Crippen LogP contribution in [0, 0.1) is 0 Å². The maximum absolute atomic E-state index is 12.6. The zero-order valence-electron chi connectivity index (χ0n) is 15.7. The van der Waals surface area contributed by atoms with Crippen molar-refractivity contribution in [2.45, 2.75) is 0 Å². The molecule has 0 spiro atoms. The van der Waals surface area contributed by atoms with Crippen molar-refractivity contribution in [3.05, 3.63) is 42.2 Å². The van der Waals surface area contributed by atoms with Crippen LogP contribution in [0.2, 0.25) is 0 Å². The minimum atomic E-state index is -3.47. The van der Waals surface area contributed by atoms with Gasteiger partial charge >= 0.3 is 0 Å². The number of fused-ring (bicyclic) bond motifs is 1. The molecule has 2 aromatic rings. The number of sulfonamides is 1. The number of rotatable bonds is 6. The molecule has 3 heterocycles. The molecule has 1 amide bonds. The fourth-order valence-corrected chi connectivity index (χ4v) is 4.52. The van der Waals surface area contributed by atoms with Crippen LogP contribution >= 0.6 is 0 Å².